The largest absolute Gasteiger partial charge is 0.481 e. The van der Waals surface area contributed by atoms with Crippen molar-refractivity contribution in [1.29, 1.82) is 0 Å². The first-order valence-electron chi connectivity index (χ1n) is 15.8. The van der Waals surface area contributed by atoms with Crippen LogP contribution in [-0.4, -0.2) is 70.3 Å². The third kappa shape index (κ3) is 8.79. The summed E-state index contributed by atoms with van der Waals surface area (Å²) in [6.45, 7) is 1.42. The zero-order chi connectivity index (χ0) is 33.9. The first-order chi connectivity index (χ1) is 23.3. The first kappa shape index (κ1) is 33.7. The zero-order valence-electron chi connectivity index (χ0n) is 26.3. The lowest BCUT2D eigenvalue weighted by atomic mass is 9.89. The number of amides is 2. The number of aliphatic carboxylic acids is 2. The van der Waals surface area contributed by atoms with Gasteiger partial charge in [0.1, 0.15) is 13.2 Å². The highest BCUT2D eigenvalue weighted by Crippen LogP contribution is 2.34. The summed E-state index contributed by atoms with van der Waals surface area (Å²) in [7, 11) is 0. The molecule has 2 aliphatic heterocycles. The maximum atomic E-state index is 12.3. The van der Waals surface area contributed by atoms with Crippen molar-refractivity contribution in [1.82, 2.24) is 9.80 Å². The van der Waals surface area contributed by atoms with Crippen molar-refractivity contribution >= 4 is 24.1 Å². The van der Waals surface area contributed by atoms with E-state index in [4.69, 9.17) is 9.47 Å². The Morgan fingerprint density at radius 1 is 0.500 bits per heavy atom. The van der Waals surface area contributed by atoms with Gasteiger partial charge in [-0.1, -0.05) is 121 Å². The third-order valence-electron chi connectivity index (χ3n) is 8.66. The molecule has 4 atom stereocenters. The first-order valence-corrected chi connectivity index (χ1v) is 15.8. The van der Waals surface area contributed by atoms with Crippen LogP contribution in [0.25, 0.3) is 0 Å². The van der Waals surface area contributed by atoms with Gasteiger partial charge in [-0.25, -0.2) is 9.59 Å². The summed E-state index contributed by atoms with van der Waals surface area (Å²) < 4.78 is 10.6. The summed E-state index contributed by atoms with van der Waals surface area (Å²) in [6, 6.07) is 37.7. The van der Waals surface area contributed by atoms with E-state index in [2.05, 4.69) is 0 Å². The van der Waals surface area contributed by atoms with Crippen LogP contribution in [0.5, 0.6) is 0 Å². The smallest absolute Gasteiger partial charge is 0.410 e. The van der Waals surface area contributed by atoms with Crippen molar-refractivity contribution in [3.8, 4) is 0 Å². The topological polar surface area (TPSA) is 134 Å². The van der Waals surface area contributed by atoms with E-state index < -0.39 is 36.0 Å². The summed E-state index contributed by atoms with van der Waals surface area (Å²) in [6.07, 6.45) is -0.938. The van der Waals surface area contributed by atoms with Crippen molar-refractivity contribution in [2.45, 2.75) is 25.0 Å². The summed E-state index contributed by atoms with van der Waals surface area (Å²) in [4.78, 5) is 50.6. The number of carbonyl (C=O) groups is 4. The van der Waals surface area contributed by atoms with Crippen molar-refractivity contribution in [3.63, 3.8) is 0 Å². The fraction of sp³-hybridized carbons (Fsp3) is 0.263. The molecule has 0 bridgehead atoms. The third-order valence-corrected chi connectivity index (χ3v) is 8.66. The molecule has 4 aromatic rings. The Hall–Kier alpha value is -5.64. The lowest BCUT2D eigenvalue weighted by Gasteiger charge is -2.16. The molecular formula is C38H38N2O8. The molecule has 2 heterocycles. The van der Waals surface area contributed by atoms with E-state index >= 15 is 0 Å². The quantitative estimate of drug-likeness (QED) is 0.229. The molecule has 0 spiro atoms. The van der Waals surface area contributed by atoms with E-state index in [0.717, 1.165) is 22.3 Å². The molecule has 10 nitrogen and oxygen atoms in total. The molecular weight excluding hydrogens is 612 g/mol. The Morgan fingerprint density at radius 2 is 0.812 bits per heavy atom. The predicted octanol–water partition coefficient (Wildman–Crippen LogP) is 6.25. The second kappa shape index (κ2) is 16.3. The van der Waals surface area contributed by atoms with Crippen LogP contribution in [0.3, 0.4) is 0 Å². The van der Waals surface area contributed by atoms with Crippen LogP contribution in [0.1, 0.15) is 34.1 Å². The lowest BCUT2D eigenvalue weighted by molar-refractivity contribution is -0.142. The second-order valence-corrected chi connectivity index (χ2v) is 11.8. The minimum atomic E-state index is -0.887. The van der Waals surface area contributed by atoms with Gasteiger partial charge in [0.25, 0.3) is 0 Å². The molecule has 248 valence electrons. The van der Waals surface area contributed by atoms with Crippen molar-refractivity contribution in [3.05, 3.63) is 144 Å². The van der Waals surface area contributed by atoms with Crippen LogP contribution >= 0.6 is 0 Å². The molecule has 10 heteroatoms. The van der Waals surface area contributed by atoms with E-state index in [0.29, 0.717) is 13.1 Å². The summed E-state index contributed by atoms with van der Waals surface area (Å²) in [5.74, 6) is -3.43. The molecule has 2 amide bonds. The summed E-state index contributed by atoms with van der Waals surface area (Å²) in [5, 5.41) is 18.9. The number of nitrogens with zero attached hydrogens (tertiary/aromatic N) is 2. The number of rotatable bonds is 8. The molecule has 0 aromatic heterocycles. The molecule has 0 aliphatic carbocycles. The van der Waals surface area contributed by atoms with Crippen molar-refractivity contribution < 1.29 is 38.9 Å². The average Bonchev–Trinajstić information content (AvgIpc) is 3.79. The molecule has 4 aromatic carbocycles. The van der Waals surface area contributed by atoms with Gasteiger partial charge in [0, 0.05) is 38.0 Å². The highest BCUT2D eigenvalue weighted by atomic mass is 16.6. The van der Waals surface area contributed by atoms with Crippen LogP contribution in [0.2, 0.25) is 0 Å². The zero-order valence-corrected chi connectivity index (χ0v) is 26.3. The standard InChI is InChI=1S/2C19H19NO4/c2*21-18(22)17-12-20(11-16(17)15-9-5-2-6-10-15)19(23)24-13-14-7-3-1-4-8-14/h2*1-10,16-17H,11-13H2,(H,21,22)/t2*16-,17+/m10/s1. The van der Waals surface area contributed by atoms with Crippen molar-refractivity contribution in [2.75, 3.05) is 26.2 Å². The minimum absolute atomic E-state index is 0.169. The van der Waals surface area contributed by atoms with Gasteiger partial charge in [0.2, 0.25) is 0 Å². The van der Waals surface area contributed by atoms with Gasteiger partial charge in [-0.2, -0.15) is 0 Å². The molecule has 0 unspecified atom stereocenters. The Morgan fingerprint density at radius 3 is 1.12 bits per heavy atom. The highest BCUT2D eigenvalue weighted by molar-refractivity contribution is 5.76. The minimum Gasteiger partial charge on any atom is -0.481 e. The number of likely N-dealkylation sites (tertiary alicyclic amines) is 2. The van der Waals surface area contributed by atoms with Crippen LogP contribution in [-0.2, 0) is 32.3 Å². The van der Waals surface area contributed by atoms with Crippen LogP contribution < -0.4 is 0 Å². The molecule has 2 N–H and O–H groups in total. The Labute approximate surface area is 279 Å². The number of hydrogen-bond donors (Lipinski definition) is 2. The molecule has 2 fully saturated rings. The van der Waals surface area contributed by atoms with Gasteiger partial charge >= 0.3 is 24.1 Å². The monoisotopic (exact) mass is 650 g/mol. The number of carbonyl (C=O) groups excluding carboxylic acids is 2. The van der Waals surface area contributed by atoms with E-state index in [1.54, 1.807) is 0 Å². The number of hydrogen-bond acceptors (Lipinski definition) is 6. The molecule has 6 rings (SSSR count). The Balaban J connectivity index is 0.000000188. The van der Waals surface area contributed by atoms with Crippen LogP contribution in [0.15, 0.2) is 121 Å². The Bertz CT molecular complexity index is 1530. The highest BCUT2D eigenvalue weighted by Gasteiger charge is 2.42. The maximum Gasteiger partial charge on any atom is 0.410 e. The summed E-state index contributed by atoms with van der Waals surface area (Å²) in [5.41, 5.74) is 3.67. The molecule has 2 aliphatic rings. The maximum absolute atomic E-state index is 12.3. The fourth-order valence-corrected chi connectivity index (χ4v) is 6.10. The van der Waals surface area contributed by atoms with Gasteiger partial charge in [0.05, 0.1) is 11.8 Å². The van der Waals surface area contributed by atoms with Crippen molar-refractivity contribution in [2.24, 2.45) is 11.8 Å². The van der Waals surface area contributed by atoms with E-state index in [9.17, 15) is 29.4 Å². The van der Waals surface area contributed by atoms with E-state index in [-0.39, 0.29) is 38.1 Å². The molecule has 48 heavy (non-hydrogen) atoms. The van der Waals surface area contributed by atoms with Gasteiger partial charge in [-0.3, -0.25) is 9.59 Å². The predicted molar refractivity (Wildman–Crippen MR) is 177 cm³/mol. The van der Waals surface area contributed by atoms with E-state index in [1.807, 2.05) is 121 Å². The molecule has 2 saturated heterocycles. The normalized spacial score (nSPS) is 19.9. The van der Waals surface area contributed by atoms with Gasteiger partial charge in [-0.15, -0.1) is 0 Å². The number of ether oxygens (including phenoxy) is 2. The average molecular weight is 651 g/mol. The summed E-state index contributed by atoms with van der Waals surface area (Å²) >= 11 is 0. The SMILES string of the molecule is O=C(O)[C@@H]1CN(C(=O)OCc2ccccc2)C[C@H]1c1ccccc1.O=C(O)[C@H]1CN(C(=O)OCc2ccccc2)C[C@@H]1c1ccccc1. The molecule has 0 radical (unpaired) electrons. The number of benzene rings is 4. The number of carboxylic acids is 2. The lowest BCUT2D eigenvalue weighted by Crippen LogP contribution is -2.30. The van der Waals surface area contributed by atoms with Gasteiger partial charge in [-0.05, 0) is 22.3 Å². The Kier molecular flexibility index (Phi) is 11.4. The number of carboxylic acid groups (broad SMARTS) is 2. The van der Waals surface area contributed by atoms with Gasteiger partial charge < -0.3 is 29.5 Å². The van der Waals surface area contributed by atoms with Gasteiger partial charge in [0.15, 0.2) is 0 Å². The van der Waals surface area contributed by atoms with Crippen LogP contribution in [0, 0.1) is 11.8 Å². The van der Waals surface area contributed by atoms with E-state index in [1.165, 1.54) is 9.80 Å². The molecule has 0 saturated carbocycles. The van der Waals surface area contributed by atoms with Crippen LogP contribution in [0.4, 0.5) is 9.59 Å². The fourth-order valence-electron chi connectivity index (χ4n) is 6.10. The second-order valence-electron chi connectivity index (χ2n) is 11.8.